The third-order valence-electron chi connectivity index (χ3n) is 3.30. The van der Waals surface area contributed by atoms with Gasteiger partial charge >= 0.3 is 0 Å². The summed E-state index contributed by atoms with van der Waals surface area (Å²) in [5, 5.41) is 2.83. The lowest BCUT2D eigenvalue weighted by Crippen LogP contribution is -2.11. The van der Waals surface area contributed by atoms with Crippen molar-refractivity contribution in [1.29, 1.82) is 0 Å². The van der Waals surface area contributed by atoms with Gasteiger partial charge in [-0.3, -0.25) is 9.78 Å². The molecular formula is C19H16N2O2. The van der Waals surface area contributed by atoms with Crippen molar-refractivity contribution in [3.05, 3.63) is 90.3 Å². The van der Waals surface area contributed by atoms with Crippen molar-refractivity contribution < 1.29 is 9.53 Å². The van der Waals surface area contributed by atoms with Gasteiger partial charge in [-0.25, -0.2) is 0 Å². The number of anilines is 1. The predicted octanol–water partition coefficient (Wildman–Crippen LogP) is 3.91. The Balaban J connectivity index is 1.59. The molecule has 114 valence electrons. The number of carbonyl (C=O) groups excluding carboxylic acids is 1. The van der Waals surface area contributed by atoms with Gasteiger partial charge in [0.25, 0.3) is 5.91 Å². The van der Waals surface area contributed by atoms with Gasteiger partial charge in [0.2, 0.25) is 0 Å². The molecule has 23 heavy (non-hydrogen) atoms. The smallest absolute Gasteiger partial charge is 0.255 e. The van der Waals surface area contributed by atoms with Crippen LogP contribution in [-0.2, 0) is 6.61 Å². The fourth-order valence-electron chi connectivity index (χ4n) is 2.07. The van der Waals surface area contributed by atoms with Gasteiger partial charge in [0.15, 0.2) is 0 Å². The van der Waals surface area contributed by atoms with Gasteiger partial charge in [-0.15, -0.1) is 0 Å². The first-order valence-corrected chi connectivity index (χ1v) is 7.29. The fourth-order valence-corrected chi connectivity index (χ4v) is 2.07. The molecule has 0 atom stereocenters. The van der Waals surface area contributed by atoms with Gasteiger partial charge in [-0.2, -0.15) is 0 Å². The topological polar surface area (TPSA) is 51.2 Å². The molecule has 1 amide bonds. The van der Waals surface area contributed by atoms with E-state index in [9.17, 15) is 4.79 Å². The average molecular weight is 304 g/mol. The Kier molecular flexibility index (Phi) is 4.64. The van der Waals surface area contributed by atoms with Crippen LogP contribution in [0.5, 0.6) is 5.75 Å². The summed E-state index contributed by atoms with van der Waals surface area (Å²) in [6.45, 7) is 0.469. The van der Waals surface area contributed by atoms with E-state index in [2.05, 4.69) is 10.3 Å². The highest BCUT2D eigenvalue weighted by Crippen LogP contribution is 2.13. The van der Waals surface area contributed by atoms with Crippen LogP contribution in [0.2, 0.25) is 0 Å². The quantitative estimate of drug-likeness (QED) is 0.777. The highest BCUT2D eigenvalue weighted by atomic mass is 16.5. The van der Waals surface area contributed by atoms with E-state index in [-0.39, 0.29) is 5.91 Å². The maximum absolute atomic E-state index is 12.1. The zero-order valence-electron chi connectivity index (χ0n) is 12.5. The van der Waals surface area contributed by atoms with Gasteiger partial charge in [0.05, 0.1) is 0 Å². The number of para-hydroxylation sites is 1. The summed E-state index contributed by atoms with van der Waals surface area (Å²) >= 11 is 0. The largest absolute Gasteiger partial charge is 0.489 e. The number of pyridine rings is 1. The summed E-state index contributed by atoms with van der Waals surface area (Å²) in [7, 11) is 0. The van der Waals surface area contributed by atoms with Gasteiger partial charge in [0.1, 0.15) is 12.4 Å². The van der Waals surface area contributed by atoms with E-state index >= 15 is 0 Å². The van der Waals surface area contributed by atoms with Gasteiger partial charge < -0.3 is 10.1 Å². The number of aromatic nitrogens is 1. The first-order valence-electron chi connectivity index (χ1n) is 7.29. The van der Waals surface area contributed by atoms with Gasteiger partial charge in [0, 0.05) is 23.6 Å². The zero-order chi connectivity index (χ0) is 15.9. The fraction of sp³-hybridized carbons (Fsp3) is 0.0526. The first kappa shape index (κ1) is 14.8. The molecule has 3 rings (SSSR count). The highest BCUT2D eigenvalue weighted by molar-refractivity contribution is 6.04. The molecule has 0 fully saturated rings. The molecule has 0 aliphatic rings. The number of ether oxygens (including phenoxy) is 1. The van der Waals surface area contributed by atoms with E-state index in [1.807, 2.05) is 42.5 Å². The molecular weight excluding hydrogens is 288 g/mol. The number of carbonyl (C=O) groups is 1. The van der Waals surface area contributed by atoms with E-state index in [1.165, 1.54) is 0 Å². The monoisotopic (exact) mass is 304 g/mol. The lowest BCUT2D eigenvalue weighted by atomic mass is 10.1. The lowest BCUT2D eigenvalue weighted by molar-refractivity contribution is 0.102. The van der Waals surface area contributed by atoms with Crippen molar-refractivity contribution >= 4 is 11.6 Å². The Morgan fingerprint density at radius 1 is 0.913 bits per heavy atom. The molecule has 0 saturated carbocycles. The van der Waals surface area contributed by atoms with Crippen LogP contribution < -0.4 is 10.1 Å². The van der Waals surface area contributed by atoms with Crippen molar-refractivity contribution in [3.63, 3.8) is 0 Å². The second kappa shape index (κ2) is 7.22. The Hall–Kier alpha value is -3.14. The summed E-state index contributed by atoms with van der Waals surface area (Å²) in [6.07, 6.45) is 3.28. The molecule has 0 spiro atoms. The van der Waals surface area contributed by atoms with Crippen molar-refractivity contribution in [2.75, 3.05) is 5.32 Å². The number of nitrogens with zero attached hydrogens (tertiary/aromatic N) is 1. The summed E-state index contributed by atoms with van der Waals surface area (Å²) < 4.78 is 5.68. The molecule has 0 bridgehead atoms. The molecule has 0 saturated heterocycles. The molecule has 3 aromatic rings. The Morgan fingerprint density at radius 3 is 2.30 bits per heavy atom. The summed E-state index contributed by atoms with van der Waals surface area (Å²) in [5.41, 5.74) is 2.33. The summed E-state index contributed by atoms with van der Waals surface area (Å²) in [5.74, 6) is 0.679. The number of hydrogen-bond acceptors (Lipinski definition) is 3. The van der Waals surface area contributed by atoms with Gasteiger partial charge in [-0.1, -0.05) is 30.3 Å². The minimum absolute atomic E-state index is 0.147. The lowest BCUT2D eigenvalue weighted by Gasteiger charge is -2.08. The molecule has 0 radical (unpaired) electrons. The number of nitrogens with one attached hydrogen (secondary N) is 1. The van der Waals surface area contributed by atoms with Crippen LogP contribution in [0.25, 0.3) is 0 Å². The second-order valence-electron chi connectivity index (χ2n) is 4.99. The average Bonchev–Trinajstić information content (AvgIpc) is 2.62. The number of benzene rings is 2. The van der Waals surface area contributed by atoms with E-state index in [4.69, 9.17) is 4.74 Å². The number of rotatable bonds is 5. The van der Waals surface area contributed by atoms with E-state index in [1.54, 1.807) is 36.7 Å². The molecule has 0 unspecified atom stereocenters. The third kappa shape index (κ3) is 4.17. The first-order chi connectivity index (χ1) is 11.3. The molecule has 1 aromatic heterocycles. The SMILES string of the molecule is O=C(Nc1ccncc1)c1ccc(COc2ccccc2)cc1. The van der Waals surface area contributed by atoms with Crippen LogP contribution in [0, 0.1) is 0 Å². The standard InChI is InChI=1S/C19H16N2O2/c22-19(21-17-10-12-20-13-11-17)16-8-6-15(7-9-16)14-23-18-4-2-1-3-5-18/h1-13H,14H2,(H,20,21,22). The Morgan fingerprint density at radius 2 is 1.61 bits per heavy atom. The van der Waals surface area contributed by atoms with Crippen LogP contribution in [0.15, 0.2) is 79.1 Å². The van der Waals surface area contributed by atoms with Crippen LogP contribution in [0.4, 0.5) is 5.69 Å². The van der Waals surface area contributed by atoms with Crippen LogP contribution in [0.1, 0.15) is 15.9 Å². The van der Waals surface area contributed by atoms with Crippen molar-refractivity contribution in [3.8, 4) is 5.75 Å². The van der Waals surface area contributed by atoms with Crippen LogP contribution >= 0.6 is 0 Å². The van der Waals surface area contributed by atoms with Crippen LogP contribution in [-0.4, -0.2) is 10.9 Å². The predicted molar refractivity (Wildman–Crippen MR) is 89.4 cm³/mol. The summed E-state index contributed by atoms with van der Waals surface area (Å²) in [6, 6.07) is 20.5. The number of amides is 1. The molecule has 0 aliphatic heterocycles. The molecule has 1 N–H and O–H groups in total. The maximum Gasteiger partial charge on any atom is 0.255 e. The Bertz CT molecular complexity index is 756. The van der Waals surface area contributed by atoms with Crippen molar-refractivity contribution in [2.45, 2.75) is 6.61 Å². The van der Waals surface area contributed by atoms with Gasteiger partial charge in [-0.05, 0) is 42.0 Å². The van der Waals surface area contributed by atoms with Crippen molar-refractivity contribution in [2.24, 2.45) is 0 Å². The molecule has 4 nitrogen and oxygen atoms in total. The van der Waals surface area contributed by atoms with E-state index < -0.39 is 0 Å². The number of hydrogen-bond donors (Lipinski definition) is 1. The highest BCUT2D eigenvalue weighted by Gasteiger charge is 2.06. The molecule has 0 aliphatic carbocycles. The minimum Gasteiger partial charge on any atom is -0.489 e. The van der Waals surface area contributed by atoms with E-state index in [0.717, 1.165) is 17.0 Å². The van der Waals surface area contributed by atoms with Crippen molar-refractivity contribution in [1.82, 2.24) is 4.98 Å². The normalized spacial score (nSPS) is 10.1. The molecule has 2 aromatic carbocycles. The third-order valence-corrected chi connectivity index (χ3v) is 3.30. The Labute approximate surface area is 134 Å². The molecule has 4 heteroatoms. The van der Waals surface area contributed by atoms with Crippen LogP contribution in [0.3, 0.4) is 0 Å². The van der Waals surface area contributed by atoms with E-state index in [0.29, 0.717) is 12.2 Å². The molecule has 1 heterocycles. The summed E-state index contributed by atoms with van der Waals surface area (Å²) in [4.78, 5) is 16.1. The second-order valence-corrected chi connectivity index (χ2v) is 4.99. The zero-order valence-corrected chi connectivity index (χ0v) is 12.5. The minimum atomic E-state index is -0.147. The maximum atomic E-state index is 12.1.